The summed E-state index contributed by atoms with van der Waals surface area (Å²) in [6, 6.07) is 76.6. The molecule has 4 aliphatic carbocycles. The van der Waals surface area contributed by atoms with Crippen molar-refractivity contribution < 1.29 is 8.83 Å². The van der Waals surface area contributed by atoms with Crippen LogP contribution in [-0.4, -0.2) is 13.4 Å². The molecule has 2 aromatic heterocycles. The predicted octanol–water partition coefficient (Wildman–Crippen LogP) is 29.8. The Bertz CT molecular complexity index is 6630. The van der Waals surface area contributed by atoms with E-state index in [0.717, 1.165) is 86.3 Å². The molecule has 10 aromatic carbocycles. The molecule has 0 amide bonds. The van der Waals surface area contributed by atoms with E-state index >= 15 is 0 Å². The van der Waals surface area contributed by atoms with E-state index in [1.165, 1.54) is 179 Å². The lowest BCUT2D eigenvalue weighted by atomic mass is 9.34. The lowest BCUT2D eigenvalue weighted by Crippen LogP contribution is -2.61. The van der Waals surface area contributed by atoms with Gasteiger partial charge in [-0.05, 0) is 303 Å². The van der Waals surface area contributed by atoms with Crippen LogP contribution in [0.15, 0.2) is 197 Å². The van der Waals surface area contributed by atoms with Crippen molar-refractivity contribution in [3.8, 4) is 22.3 Å². The van der Waals surface area contributed by atoms with E-state index in [2.05, 4.69) is 422 Å². The Balaban J connectivity index is 0.812. The third-order valence-corrected chi connectivity index (χ3v) is 33.0. The molecule has 0 spiro atoms. The van der Waals surface area contributed by atoms with Gasteiger partial charge in [0.1, 0.15) is 11.5 Å². The first-order valence-electron chi connectivity index (χ1n) is 49.0. The second kappa shape index (κ2) is 28.3. The topological polar surface area (TPSA) is 39.2 Å². The van der Waals surface area contributed by atoms with Gasteiger partial charge < -0.3 is 28.4 Å². The van der Waals surface area contributed by atoms with Gasteiger partial charge in [-0.25, -0.2) is 0 Å². The fraction of sp³-hybridized carbons (Fsp3) is 0.438. The van der Waals surface area contributed by atoms with Crippen molar-refractivity contribution in [3.63, 3.8) is 0 Å². The Kier molecular flexibility index (Phi) is 19.1. The van der Waals surface area contributed by atoms with Gasteiger partial charge in [-0.2, -0.15) is 0 Å². The summed E-state index contributed by atoms with van der Waals surface area (Å²) in [7, 11) is 0. The molecule has 6 nitrogen and oxygen atoms in total. The summed E-state index contributed by atoms with van der Waals surface area (Å²) in [6.07, 6.45) is 9.37. The fourth-order valence-corrected chi connectivity index (χ4v) is 24.4. The lowest BCUT2D eigenvalue weighted by molar-refractivity contribution is 0.282. The maximum Gasteiger partial charge on any atom is 0.297 e. The van der Waals surface area contributed by atoms with E-state index in [0.29, 0.717) is 0 Å². The summed E-state index contributed by atoms with van der Waals surface area (Å²) in [5.74, 6) is 2.29. The van der Waals surface area contributed by atoms with Crippen molar-refractivity contribution in [2.75, 3.05) is 19.6 Å². The molecule has 4 aliphatic heterocycles. The van der Waals surface area contributed by atoms with Crippen LogP contribution < -0.4 is 52.8 Å². The molecular formula is C121H142B2N4O2. The minimum atomic E-state index is -0.304. The number of nitrogens with zero attached hydrogens (tertiary/aromatic N) is 4. The number of fused-ring (bicyclic) bond motifs is 14. The highest BCUT2D eigenvalue weighted by molar-refractivity contribution is 7.00. The van der Waals surface area contributed by atoms with Gasteiger partial charge in [0.15, 0.2) is 0 Å². The molecule has 8 heteroatoms. The molecule has 8 aliphatic rings. The van der Waals surface area contributed by atoms with E-state index in [-0.39, 0.29) is 83.8 Å². The summed E-state index contributed by atoms with van der Waals surface area (Å²) in [5, 5.41) is 0. The van der Waals surface area contributed by atoms with Gasteiger partial charge in [0.05, 0.1) is 34.1 Å². The molecule has 1 unspecified atom stereocenters. The van der Waals surface area contributed by atoms with Crippen LogP contribution in [-0.2, 0) is 76.8 Å². The number of furan rings is 2. The van der Waals surface area contributed by atoms with Crippen LogP contribution >= 0.6 is 0 Å². The molecule has 129 heavy (non-hydrogen) atoms. The third kappa shape index (κ3) is 13.7. The zero-order chi connectivity index (χ0) is 92.0. The summed E-state index contributed by atoms with van der Waals surface area (Å²) in [4.78, 5) is 10.9. The van der Waals surface area contributed by atoms with Crippen LogP contribution in [0.25, 0.3) is 22.3 Å². The SMILES string of the molecule is Cc1cc2c3c(c1)N(c1ccc(C(C)(C)C)cc1)c1c(oc4c1C(C)(C)CCC4(C)C)B3c1cc3c(cc1N2c1ccc(C(C)(C)C)cc1-c1cccc(CC2(C)CCC(C)(C)c4cc5c(cc42)B2c4oc6c(c4N(c4ccc(C(C)(C)C)cc4)c4cc(C(C)(C)C)cc(c42)N5c2ccc(C(C)(C)C)cc2-c2ccccc2)C(C)(C)CCC6(C)C)c1)C(C)(C)CCC3(C)C. The number of benzene rings is 10. The van der Waals surface area contributed by atoms with Crippen molar-refractivity contribution in [1.82, 2.24) is 0 Å². The summed E-state index contributed by atoms with van der Waals surface area (Å²) in [5.41, 5.74) is 42.8. The average molecular weight is 1710 g/mol. The van der Waals surface area contributed by atoms with Gasteiger partial charge >= 0.3 is 0 Å². The molecule has 0 N–H and O–H groups in total. The maximum absolute atomic E-state index is 8.19. The quantitative estimate of drug-likeness (QED) is 0.141. The van der Waals surface area contributed by atoms with Crippen LogP contribution in [0.2, 0.25) is 0 Å². The molecule has 12 aromatic rings. The molecule has 664 valence electrons. The Morgan fingerprint density at radius 3 is 1.09 bits per heavy atom. The molecule has 0 bridgehead atoms. The van der Waals surface area contributed by atoms with E-state index < -0.39 is 0 Å². The number of anilines is 12. The Hall–Kier alpha value is -9.91. The summed E-state index contributed by atoms with van der Waals surface area (Å²) in [6.45, 7) is 75.0. The molecular weight excluding hydrogens is 1560 g/mol. The summed E-state index contributed by atoms with van der Waals surface area (Å²) >= 11 is 0. The van der Waals surface area contributed by atoms with Crippen LogP contribution in [0.1, 0.15) is 343 Å². The minimum absolute atomic E-state index is 0.0157. The van der Waals surface area contributed by atoms with Gasteiger partial charge in [-0.15, -0.1) is 0 Å². The van der Waals surface area contributed by atoms with Crippen LogP contribution in [0, 0.1) is 6.92 Å². The minimum Gasteiger partial charge on any atom is -0.472 e. The molecule has 0 saturated carbocycles. The highest BCUT2D eigenvalue weighted by Crippen LogP contribution is 2.62. The molecule has 0 saturated heterocycles. The van der Waals surface area contributed by atoms with Crippen LogP contribution in [0.4, 0.5) is 68.2 Å². The zero-order valence-electron chi connectivity index (χ0n) is 84.0. The second-order valence-electron chi connectivity index (χ2n) is 51.1. The molecule has 0 radical (unpaired) electrons. The normalized spacial score (nSPS) is 19.7. The Morgan fingerprint density at radius 2 is 0.651 bits per heavy atom. The smallest absolute Gasteiger partial charge is 0.297 e. The van der Waals surface area contributed by atoms with Crippen molar-refractivity contribution in [3.05, 3.63) is 272 Å². The Morgan fingerprint density at radius 1 is 0.295 bits per heavy atom. The average Bonchev–Trinajstić information content (AvgIpc) is 1.56. The van der Waals surface area contributed by atoms with Crippen molar-refractivity contribution in [2.24, 2.45) is 0 Å². The molecule has 20 rings (SSSR count). The number of rotatable bonds is 8. The first-order valence-corrected chi connectivity index (χ1v) is 49.0. The van der Waals surface area contributed by atoms with Crippen LogP contribution in [0.5, 0.6) is 0 Å². The van der Waals surface area contributed by atoms with Crippen molar-refractivity contribution >= 4 is 115 Å². The predicted molar refractivity (Wildman–Crippen MR) is 554 cm³/mol. The highest BCUT2D eigenvalue weighted by atomic mass is 16.3. The van der Waals surface area contributed by atoms with Gasteiger partial charge in [-0.3, -0.25) is 0 Å². The van der Waals surface area contributed by atoms with Crippen molar-refractivity contribution in [1.29, 1.82) is 0 Å². The van der Waals surface area contributed by atoms with E-state index in [1.54, 1.807) is 0 Å². The number of hydrogen-bond acceptors (Lipinski definition) is 6. The molecule has 0 fully saturated rings. The van der Waals surface area contributed by atoms with Gasteiger partial charge in [0.25, 0.3) is 13.4 Å². The van der Waals surface area contributed by atoms with Gasteiger partial charge in [-0.1, -0.05) is 311 Å². The monoisotopic (exact) mass is 1710 g/mol. The highest BCUT2D eigenvalue weighted by Gasteiger charge is 2.58. The Labute approximate surface area is 775 Å². The maximum atomic E-state index is 8.19. The third-order valence-electron chi connectivity index (χ3n) is 33.0. The summed E-state index contributed by atoms with van der Waals surface area (Å²) < 4.78 is 16.2. The van der Waals surface area contributed by atoms with Gasteiger partial charge in [0.2, 0.25) is 0 Å². The van der Waals surface area contributed by atoms with Gasteiger partial charge in [0, 0.05) is 78.6 Å². The number of aryl methyl sites for hydroxylation is 1. The second-order valence-corrected chi connectivity index (χ2v) is 51.1. The van der Waals surface area contributed by atoms with Crippen molar-refractivity contribution in [2.45, 2.75) is 343 Å². The van der Waals surface area contributed by atoms with E-state index in [4.69, 9.17) is 8.83 Å². The first kappa shape index (κ1) is 87.1. The lowest BCUT2D eigenvalue weighted by Gasteiger charge is -2.48. The first-order chi connectivity index (χ1) is 60.1. The van der Waals surface area contributed by atoms with E-state index in [9.17, 15) is 0 Å². The van der Waals surface area contributed by atoms with Crippen LogP contribution in [0.3, 0.4) is 0 Å². The number of hydrogen-bond donors (Lipinski definition) is 0. The molecule has 1 atom stereocenters. The fourth-order valence-electron chi connectivity index (χ4n) is 24.4. The zero-order valence-corrected chi connectivity index (χ0v) is 84.0. The molecule has 6 heterocycles. The standard InChI is InChI=1S/C121H142B2N4O2/c1-72-60-95-101-96(61-72)126(93-69-86-85(114(17,18)52-53-115(86,19)20)67-89(93)122(101)107-103(99-105(128-107)119(27,28)56-54-117(99,23)24)124(95)81-46-40-76(41-47-81)109(2,3)4)92-51-45-79(112(11,12)13)64-84(92)75-39-35-36-73(62-75)71-121(31)59-58-116(21,22)87-70-94-90(68-88(87)121)123-102-97(125(82-48-42-77(43-49-82)110(5,6)7)104-100-106(129-108(104)123)120(29,30)57-55-118(100,25)26)65-80(113(14,15)16)66-98(102)127(94)91-50-44-78(111(8,9)10)63-83(91)74-37-33-32-34-38-74/h32-51,60-70H,52-59,71H2,1-31H3. The van der Waals surface area contributed by atoms with E-state index in [1.807, 2.05) is 0 Å². The largest absolute Gasteiger partial charge is 0.472 e.